The molecule has 1 saturated heterocycles. The SMILES string of the molecule is CC(C)SCC(=O)N1CCC2(CC1)c1nc[nH]c1CCN2C(=O)C1CC1. The Morgan fingerprint density at radius 2 is 2.04 bits per heavy atom. The zero-order chi connectivity index (χ0) is 18.3. The summed E-state index contributed by atoms with van der Waals surface area (Å²) in [7, 11) is 0. The number of imidazole rings is 1. The number of hydrogen-bond donors (Lipinski definition) is 1. The molecular formula is C19H28N4O2S. The topological polar surface area (TPSA) is 69.3 Å². The summed E-state index contributed by atoms with van der Waals surface area (Å²) in [4.78, 5) is 37.4. The Bertz CT molecular complexity index is 689. The summed E-state index contributed by atoms with van der Waals surface area (Å²) in [5, 5.41) is 0.465. The van der Waals surface area contributed by atoms with E-state index in [1.165, 1.54) is 5.69 Å². The molecule has 1 spiro atoms. The lowest BCUT2D eigenvalue weighted by molar-refractivity contribution is -0.145. The summed E-state index contributed by atoms with van der Waals surface area (Å²) >= 11 is 1.69. The first-order valence-electron chi connectivity index (χ1n) is 9.75. The van der Waals surface area contributed by atoms with Gasteiger partial charge in [0.2, 0.25) is 11.8 Å². The lowest BCUT2D eigenvalue weighted by Gasteiger charge is -2.50. The summed E-state index contributed by atoms with van der Waals surface area (Å²) in [6.07, 6.45) is 6.24. The molecule has 0 radical (unpaired) electrons. The van der Waals surface area contributed by atoms with E-state index < -0.39 is 0 Å². The van der Waals surface area contributed by atoms with Crippen LogP contribution in [0.15, 0.2) is 6.33 Å². The van der Waals surface area contributed by atoms with Crippen LogP contribution in [0.2, 0.25) is 0 Å². The highest BCUT2D eigenvalue weighted by Gasteiger charge is 2.51. The molecule has 142 valence electrons. The third-order valence-corrected chi connectivity index (χ3v) is 7.02. The number of amides is 2. The molecule has 1 N–H and O–H groups in total. The average Bonchev–Trinajstić information content (AvgIpc) is 3.37. The number of fused-ring (bicyclic) bond motifs is 2. The smallest absolute Gasteiger partial charge is 0.232 e. The van der Waals surface area contributed by atoms with E-state index in [0.717, 1.165) is 44.3 Å². The molecule has 26 heavy (non-hydrogen) atoms. The summed E-state index contributed by atoms with van der Waals surface area (Å²) in [6.45, 7) is 6.41. The van der Waals surface area contributed by atoms with Crippen LogP contribution in [-0.2, 0) is 21.5 Å². The van der Waals surface area contributed by atoms with Crippen molar-refractivity contribution in [1.82, 2.24) is 19.8 Å². The predicted molar refractivity (Wildman–Crippen MR) is 102 cm³/mol. The van der Waals surface area contributed by atoms with Crippen LogP contribution in [0.1, 0.15) is 50.9 Å². The number of nitrogens with one attached hydrogen (secondary N) is 1. The molecule has 0 unspecified atom stereocenters. The molecule has 0 aromatic carbocycles. The van der Waals surface area contributed by atoms with Gasteiger partial charge in [-0.2, -0.15) is 0 Å². The van der Waals surface area contributed by atoms with Crippen molar-refractivity contribution in [3.05, 3.63) is 17.7 Å². The molecular weight excluding hydrogens is 348 g/mol. The van der Waals surface area contributed by atoms with Crippen LogP contribution in [0.4, 0.5) is 0 Å². The van der Waals surface area contributed by atoms with Crippen molar-refractivity contribution in [3.8, 4) is 0 Å². The van der Waals surface area contributed by atoms with E-state index in [9.17, 15) is 9.59 Å². The zero-order valence-electron chi connectivity index (χ0n) is 15.7. The Hall–Kier alpha value is -1.50. The van der Waals surface area contributed by atoms with Gasteiger partial charge in [0.1, 0.15) is 0 Å². The number of hydrogen-bond acceptors (Lipinski definition) is 4. The van der Waals surface area contributed by atoms with Gasteiger partial charge in [0.15, 0.2) is 0 Å². The lowest BCUT2D eigenvalue weighted by Crippen LogP contribution is -2.59. The van der Waals surface area contributed by atoms with E-state index in [1.807, 2.05) is 4.90 Å². The standard InChI is InChI=1S/C19H28N4O2S/c1-13(2)26-11-16(24)22-9-6-19(7-10-22)17-15(20-12-21-17)5-8-23(19)18(25)14-3-4-14/h12-14H,3-11H2,1-2H3,(H,20,21). The third-order valence-electron chi connectivity index (χ3n) is 5.94. The molecule has 1 aromatic heterocycles. The largest absolute Gasteiger partial charge is 0.348 e. The number of aromatic amines is 1. The Labute approximate surface area is 159 Å². The fourth-order valence-corrected chi connectivity index (χ4v) is 4.97. The van der Waals surface area contributed by atoms with Crippen molar-refractivity contribution in [3.63, 3.8) is 0 Å². The van der Waals surface area contributed by atoms with Gasteiger partial charge >= 0.3 is 0 Å². The maximum atomic E-state index is 13.0. The first-order chi connectivity index (χ1) is 12.5. The number of carbonyl (C=O) groups is 2. The van der Waals surface area contributed by atoms with Crippen molar-refractivity contribution < 1.29 is 9.59 Å². The Kier molecular flexibility index (Phi) is 4.75. The maximum Gasteiger partial charge on any atom is 0.232 e. The molecule has 0 bridgehead atoms. The second kappa shape index (κ2) is 6.91. The second-order valence-corrected chi connectivity index (χ2v) is 9.58. The van der Waals surface area contributed by atoms with Crippen molar-refractivity contribution >= 4 is 23.6 Å². The summed E-state index contributed by atoms with van der Waals surface area (Å²) in [5.74, 6) is 1.28. The number of likely N-dealkylation sites (tertiary alicyclic amines) is 1. The van der Waals surface area contributed by atoms with E-state index in [0.29, 0.717) is 30.0 Å². The molecule has 2 amide bonds. The van der Waals surface area contributed by atoms with Crippen LogP contribution in [0.25, 0.3) is 0 Å². The fraction of sp³-hybridized carbons (Fsp3) is 0.737. The van der Waals surface area contributed by atoms with Crippen LogP contribution in [-0.4, -0.2) is 62.2 Å². The number of piperidine rings is 1. The van der Waals surface area contributed by atoms with Gasteiger partial charge < -0.3 is 14.8 Å². The molecule has 1 aromatic rings. The molecule has 4 rings (SSSR count). The summed E-state index contributed by atoms with van der Waals surface area (Å²) < 4.78 is 0. The first-order valence-corrected chi connectivity index (χ1v) is 10.8. The van der Waals surface area contributed by atoms with Crippen molar-refractivity contribution in [2.45, 2.75) is 56.7 Å². The number of aromatic nitrogens is 2. The minimum Gasteiger partial charge on any atom is -0.348 e. The molecule has 1 saturated carbocycles. The minimum absolute atomic E-state index is 0.217. The van der Waals surface area contributed by atoms with Crippen molar-refractivity contribution in [2.75, 3.05) is 25.4 Å². The molecule has 0 atom stereocenters. The van der Waals surface area contributed by atoms with Gasteiger partial charge in [-0.3, -0.25) is 9.59 Å². The highest BCUT2D eigenvalue weighted by Crippen LogP contribution is 2.45. The lowest BCUT2D eigenvalue weighted by atomic mass is 9.78. The number of thioether (sulfide) groups is 1. The van der Waals surface area contributed by atoms with Gasteiger partial charge in [-0.25, -0.2) is 4.98 Å². The highest BCUT2D eigenvalue weighted by molar-refractivity contribution is 8.00. The Morgan fingerprint density at radius 3 is 2.69 bits per heavy atom. The number of rotatable bonds is 4. The number of nitrogens with zero attached hydrogens (tertiary/aromatic N) is 3. The van der Waals surface area contributed by atoms with Crippen LogP contribution in [0, 0.1) is 5.92 Å². The van der Waals surface area contributed by atoms with Gasteiger partial charge in [0.25, 0.3) is 0 Å². The fourth-order valence-electron chi connectivity index (χ4n) is 4.31. The van der Waals surface area contributed by atoms with Crippen molar-refractivity contribution in [1.29, 1.82) is 0 Å². The van der Waals surface area contributed by atoms with Crippen LogP contribution >= 0.6 is 11.8 Å². The number of H-pyrrole nitrogens is 1. The average molecular weight is 377 g/mol. The number of carbonyl (C=O) groups excluding carboxylic acids is 2. The van der Waals surface area contributed by atoms with Gasteiger partial charge in [-0.1, -0.05) is 13.8 Å². The van der Waals surface area contributed by atoms with E-state index in [-0.39, 0.29) is 17.4 Å². The van der Waals surface area contributed by atoms with Gasteiger partial charge in [-0.15, -0.1) is 11.8 Å². The highest BCUT2D eigenvalue weighted by atomic mass is 32.2. The normalized spacial score (nSPS) is 22.0. The van der Waals surface area contributed by atoms with E-state index in [4.69, 9.17) is 0 Å². The Balaban J connectivity index is 1.52. The van der Waals surface area contributed by atoms with E-state index >= 15 is 0 Å². The molecule has 7 heteroatoms. The molecule has 6 nitrogen and oxygen atoms in total. The molecule has 2 aliphatic heterocycles. The molecule has 3 heterocycles. The quantitative estimate of drug-likeness (QED) is 0.874. The summed E-state index contributed by atoms with van der Waals surface area (Å²) in [6, 6.07) is 0. The van der Waals surface area contributed by atoms with Gasteiger partial charge in [0, 0.05) is 37.7 Å². The maximum absolute atomic E-state index is 13.0. The summed E-state index contributed by atoms with van der Waals surface area (Å²) in [5.41, 5.74) is 1.89. The predicted octanol–water partition coefficient (Wildman–Crippen LogP) is 2.16. The molecule has 3 aliphatic rings. The van der Waals surface area contributed by atoms with E-state index in [1.54, 1.807) is 18.1 Å². The monoisotopic (exact) mass is 376 g/mol. The minimum atomic E-state index is -0.324. The first kappa shape index (κ1) is 17.9. The third kappa shape index (κ3) is 3.15. The Morgan fingerprint density at radius 1 is 1.31 bits per heavy atom. The van der Waals surface area contributed by atoms with Crippen LogP contribution < -0.4 is 0 Å². The van der Waals surface area contributed by atoms with Gasteiger partial charge in [-0.05, 0) is 30.9 Å². The molecule has 1 aliphatic carbocycles. The van der Waals surface area contributed by atoms with Crippen LogP contribution in [0.5, 0.6) is 0 Å². The van der Waals surface area contributed by atoms with Crippen LogP contribution in [0.3, 0.4) is 0 Å². The zero-order valence-corrected chi connectivity index (χ0v) is 16.5. The molecule has 2 fully saturated rings. The van der Waals surface area contributed by atoms with Gasteiger partial charge in [0.05, 0.1) is 23.3 Å². The van der Waals surface area contributed by atoms with E-state index in [2.05, 4.69) is 28.7 Å². The van der Waals surface area contributed by atoms with Crippen molar-refractivity contribution in [2.24, 2.45) is 5.92 Å². The second-order valence-electron chi connectivity index (χ2n) is 8.02.